The number of anilines is 1. The van der Waals surface area contributed by atoms with Crippen molar-refractivity contribution in [3.05, 3.63) is 56.6 Å². The van der Waals surface area contributed by atoms with E-state index in [9.17, 15) is 13.2 Å². The van der Waals surface area contributed by atoms with Crippen LogP contribution in [0.25, 0.3) is 0 Å². The molecule has 1 N–H and O–H groups in total. The van der Waals surface area contributed by atoms with Crippen LogP contribution in [0, 0.1) is 13.8 Å². The Balaban J connectivity index is 1.40. The molecule has 11 heteroatoms. The quantitative estimate of drug-likeness (QED) is 0.580. The van der Waals surface area contributed by atoms with Crippen LogP contribution in [0.15, 0.2) is 34.5 Å². The Labute approximate surface area is 196 Å². The summed E-state index contributed by atoms with van der Waals surface area (Å²) in [7, 11) is -1.83. The van der Waals surface area contributed by atoms with Crippen LogP contribution in [0.4, 0.5) is 5.82 Å². The zero-order chi connectivity index (χ0) is 23.0. The molecule has 3 aromatic rings. The second-order valence-corrected chi connectivity index (χ2v) is 11.1. The molecule has 1 fully saturated rings. The first-order valence-corrected chi connectivity index (χ1v) is 12.9. The van der Waals surface area contributed by atoms with Crippen LogP contribution < -0.4 is 5.32 Å². The van der Waals surface area contributed by atoms with Gasteiger partial charge in [0.1, 0.15) is 11.5 Å². The number of sulfonamides is 1. The van der Waals surface area contributed by atoms with E-state index in [0.29, 0.717) is 42.5 Å². The number of nitrogens with zero attached hydrogens (tertiary/aromatic N) is 4. The molecular weight excluding hydrogens is 470 g/mol. The molecule has 0 bridgehead atoms. The van der Waals surface area contributed by atoms with Gasteiger partial charge in [-0.25, -0.2) is 13.4 Å². The van der Waals surface area contributed by atoms with Crippen molar-refractivity contribution in [2.75, 3.05) is 18.4 Å². The summed E-state index contributed by atoms with van der Waals surface area (Å²) in [6, 6.07) is 6.62. The number of rotatable bonds is 5. The molecule has 1 aliphatic rings. The standard InChI is InChI=1S/C21H24ClN5O3S2/c1-13-4-5-16(11-17(13)22)32(29,30)27-8-6-15(7-9-27)21-23-18(12-31-21)20(28)24-19-10-14(2)25-26(19)3/h4-5,10-12,15H,6-9H2,1-3H3,(H,24,28). The Kier molecular flexibility index (Phi) is 6.39. The summed E-state index contributed by atoms with van der Waals surface area (Å²) >= 11 is 7.56. The van der Waals surface area contributed by atoms with E-state index < -0.39 is 10.0 Å². The van der Waals surface area contributed by atoms with Crippen LogP contribution in [-0.4, -0.2) is 46.5 Å². The number of piperidine rings is 1. The van der Waals surface area contributed by atoms with Crippen molar-refractivity contribution < 1.29 is 13.2 Å². The van der Waals surface area contributed by atoms with Crippen LogP contribution in [0.1, 0.15) is 45.5 Å². The highest BCUT2D eigenvalue weighted by Gasteiger charge is 2.31. The summed E-state index contributed by atoms with van der Waals surface area (Å²) < 4.78 is 29.1. The number of aryl methyl sites for hydroxylation is 3. The predicted molar refractivity (Wildman–Crippen MR) is 125 cm³/mol. The Bertz CT molecular complexity index is 1260. The number of hydrogen-bond acceptors (Lipinski definition) is 6. The smallest absolute Gasteiger partial charge is 0.276 e. The van der Waals surface area contributed by atoms with Gasteiger partial charge in [-0.05, 0) is 44.4 Å². The molecule has 4 rings (SSSR count). The fraction of sp³-hybridized carbons (Fsp3) is 0.381. The van der Waals surface area contributed by atoms with Gasteiger partial charge >= 0.3 is 0 Å². The Hall–Kier alpha value is -2.27. The summed E-state index contributed by atoms with van der Waals surface area (Å²) in [5, 5.41) is 10.1. The van der Waals surface area contributed by atoms with Gasteiger partial charge in [0.15, 0.2) is 0 Å². The van der Waals surface area contributed by atoms with Crippen molar-refractivity contribution in [3.63, 3.8) is 0 Å². The molecule has 32 heavy (non-hydrogen) atoms. The van der Waals surface area contributed by atoms with E-state index in [4.69, 9.17) is 11.6 Å². The first-order valence-electron chi connectivity index (χ1n) is 10.2. The molecule has 0 spiro atoms. The average molecular weight is 494 g/mol. The van der Waals surface area contributed by atoms with E-state index in [1.54, 1.807) is 35.3 Å². The highest BCUT2D eigenvalue weighted by molar-refractivity contribution is 7.89. The lowest BCUT2D eigenvalue weighted by Gasteiger charge is -2.30. The highest BCUT2D eigenvalue weighted by atomic mass is 35.5. The summed E-state index contributed by atoms with van der Waals surface area (Å²) in [6.45, 7) is 4.49. The van der Waals surface area contributed by atoms with E-state index >= 15 is 0 Å². The van der Waals surface area contributed by atoms with E-state index in [0.717, 1.165) is 16.3 Å². The van der Waals surface area contributed by atoms with Gasteiger partial charge in [0.2, 0.25) is 10.0 Å². The topological polar surface area (TPSA) is 97.2 Å². The molecular formula is C21H24ClN5O3S2. The third kappa shape index (κ3) is 4.59. The van der Waals surface area contributed by atoms with Gasteiger partial charge in [-0.1, -0.05) is 17.7 Å². The van der Waals surface area contributed by atoms with Crippen LogP contribution in [0.2, 0.25) is 5.02 Å². The average Bonchev–Trinajstić information content (AvgIpc) is 3.37. The van der Waals surface area contributed by atoms with Crippen molar-refractivity contribution >= 4 is 44.7 Å². The summed E-state index contributed by atoms with van der Waals surface area (Å²) in [4.78, 5) is 17.3. The Morgan fingerprint density at radius 1 is 1.22 bits per heavy atom. The monoisotopic (exact) mass is 493 g/mol. The Morgan fingerprint density at radius 2 is 1.94 bits per heavy atom. The number of aromatic nitrogens is 3. The number of thiazole rings is 1. The number of hydrogen-bond donors (Lipinski definition) is 1. The van der Waals surface area contributed by atoms with Gasteiger partial charge in [-0.15, -0.1) is 11.3 Å². The van der Waals surface area contributed by atoms with E-state index in [-0.39, 0.29) is 16.7 Å². The second-order valence-electron chi connectivity index (χ2n) is 7.91. The first-order chi connectivity index (χ1) is 15.1. The van der Waals surface area contributed by atoms with Crippen molar-refractivity contribution in [2.24, 2.45) is 7.05 Å². The number of carbonyl (C=O) groups is 1. The number of halogens is 1. The van der Waals surface area contributed by atoms with Crippen LogP contribution in [0.3, 0.4) is 0 Å². The third-order valence-corrected chi connectivity index (χ3v) is 8.89. The van der Waals surface area contributed by atoms with Crippen molar-refractivity contribution in [1.82, 2.24) is 19.1 Å². The molecule has 0 unspecified atom stereocenters. The Morgan fingerprint density at radius 3 is 2.56 bits per heavy atom. The van der Waals surface area contributed by atoms with Crippen molar-refractivity contribution in [2.45, 2.75) is 37.5 Å². The van der Waals surface area contributed by atoms with E-state index in [2.05, 4.69) is 15.4 Å². The maximum atomic E-state index is 13.0. The van der Waals surface area contributed by atoms with Gasteiger partial charge in [0.25, 0.3) is 5.91 Å². The molecule has 1 aliphatic heterocycles. The normalized spacial score (nSPS) is 15.8. The summed E-state index contributed by atoms with van der Waals surface area (Å²) in [5.41, 5.74) is 2.01. The molecule has 1 amide bonds. The second kappa shape index (κ2) is 8.93. The van der Waals surface area contributed by atoms with Gasteiger partial charge in [-0.2, -0.15) is 9.40 Å². The van der Waals surface area contributed by atoms with Gasteiger partial charge in [0.05, 0.1) is 15.6 Å². The molecule has 1 saturated heterocycles. The predicted octanol–water partition coefficient (Wildman–Crippen LogP) is 3.97. The van der Waals surface area contributed by atoms with E-state index in [1.165, 1.54) is 21.7 Å². The molecule has 0 atom stereocenters. The van der Waals surface area contributed by atoms with Crippen molar-refractivity contribution in [1.29, 1.82) is 0 Å². The maximum Gasteiger partial charge on any atom is 0.276 e. The largest absolute Gasteiger partial charge is 0.305 e. The van der Waals surface area contributed by atoms with Gasteiger partial charge in [-0.3, -0.25) is 9.48 Å². The minimum absolute atomic E-state index is 0.119. The molecule has 0 saturated carbocycles. The lowest BCUT2D eigenvalue weighted by atomic mass is 9.99. The first kappa shape index (κ1) is 22.9. The number of benzene rings is 1. The molecule has 2 aromatic heterocycles. The van der Waals surface area contributed by atoms with Crippen LogP contribution in [-0.2, 0) is 17.1 Å². The lowest BCUT2D eigenvalue weighted by Crippen LogP contribution is -2.37. The fourth-order valence-electron chi connectivity index (χ4n) is 3.71. The van der Waals surface area contributed by atoms with Crippen molar-refractivity contribution in [3.8, 4) is 0 Å². The molecule has 0 radical (unpaired) electrons. The third-order valence-electron chi connectivity index (χ3n) is 5.58. The minimum Gasteiger partial charge on any atom is -0.305 e. The van der Waals surface area contributed by atoms with Gasteiger partial charge in [0, 0.05) is 42.5 Å². The van der Waals surface area contributed by atoms with Crippen LogP contribution >= 0.6 is 22.9 Å². The molecule has 8 nitrogen and oxygen atoms in total. The zero-order valence-corrected chi connectivity index (χ0v) is 20.4. The zero-order valence-electron chi connectivity index (χ0n) is 18.0. The SMILES string of the molecule is Cc1cc(NC(=O)c2csc(C3CCN(S(=O)(=O)c4ccc(C)c(Cl)c4)CC3)n2)n(C)n1. The number of amides is 1. The minimum atomic E-state index is -3.59. The molecule has 170 valence electrons. The highest BCUT2D eigenvalue weighted by Crippen LogP contribution is 2.33. The lowest BCUT2D eigenvalue weighted by molar-refractivity contribution is 0.102. The molecule has 0 aliphatic carbocycles. The number of nitrogens with one attached hydrogen (secondary N) is 1. The van der Waals surface area contributed by atoms with Crippen LogP contribution in [0.5, 0.6) is 0 Å². The maximum absolute atomic E-state index is 13.0. The summed E-state index contributed by atoms with van der Waals surface area (Å²) in [5.74, 6) is 0.442. The summed E-state index contributed by atoms with van der Waals surface area (Å²) in [6.07, 6.45) is 1.29. The number of carbonyl (C=O) groups excluding carboxylic acids is 1. The molecule has 1 aromatic carbocycles. The van der Waals surface area contributed by atoms with Gasteiger partial charge < -0.3 is 5.32 Å². The fourth-order valence-corrected chi connectivity index (χ4v) is 6.43. The van der Waals surface area contributed by atoms with E-state index in [1.807, 2.05) is 13.8 Å². The molecule has 3 heterocycles.